The molecule has 0 N–H and O–H groups in total. The Balaban J connectivity index is 1.89. The number of imidazole rings is 1. The Bertz CT molecular complexity index is 762. The van der Waals surface area contributed by atoms with Crippen LogP contribution in [0.25, 0.3) is 10.8 Å². The number of hydrogen-bond acceptors (Lipinski definition) is 3. The first-order valence-electron chi connectivity index (χ1n) is 6.38. The topological polar surface area (TPSA) is 44.1 Å². The van der Waals surface area contributed by atoms with Crippen LogP contribution in [0.4, 0.5) is 0 Å². The first-order valence-corrected chi connectivity index (χ1v) is 6.38. The highest BCUT2D eigenvalue weighted by molar-refractivity contribution is 5.83. The lowest BCUT2D eigenvalue weighted by molar-refractivity contribution is -0.132. The van der Waals surface area contributed by atoms with Gasteiger partial charge in [-0.2, -0.15) is 0 Å². The maximum atomic E-state index is 11.0. The number of rotatable bonds is 3. The highest BCUT2D eigenvalue weighted by atomic mass is 16.5. The first-order chi connectivity index (χ1) is 9.72. The van der Waals surface area contributed by atoms with Crippen molar-refractivity contribution >= 4 is 16.7 Å². The standard InChI is InChI=1S/C16H14N2O2/c1-12(19)20-16-9-17-11-18(16)10-13-6-7-14-4-2-3-5-15(14)8-13/h2-9,11H,10H2,1H3. The van der Waals surface area contributed by atoms with E-state index in [1.54, 1.807) is 12.5 Å². The van der Waals surface area contributed by atoms with Crippen molar-refractivity contribution in [2.75, 3.05) is 0 Å². The monoisotopic (exact) mass is 266 g/mol. The second kappa shape index (κ2) is 5.17. The summed E-state index contributed by atoms with van der Waals surface area (Å²) >= 11 is 0. The Kier molecular flexibility index (Phi) is 3.21. The molecule has 0 fully saturated rings. The van der Waals surface area contributed by atoms with Gasteiger partial charge in [0.25, 0.3) is 0 Å². The molecule has 0 atom stereocenters. The predicted octanol–water partition coefficient (Wildman–Crippen LogP) is 3.01. The fourth-order valence-electron chi connectivity index (χ4n) is 2.19. The van der Waals surface area contributed by atoms with Gasteiger partial charge >= 0.3 is 5.97 Å². The van der Waals surface area contributed by atoms with Crippen molar-refractivity contribution in [3.8, 4) is 5.88 Å². The fraction of sp³-hybridized carbons (Fsp3) is 0.125. The largest absolute Gasteiger partial charge is 0.408 e. The van der Waals surface area contributed by atoms with E-state index in [0.29, 0.717) is 12.4 Å². The van der Waals surface area contributed by atoms with Crippen LogP contribution >= 0.6 is 0 Å². The summed E-state index contributed by atoms with van der Waals surface area (Å²) in [6.07, 6.45) is 3.20. The number of fused-ring (bicyclic) bond motifs is 1. The van der Waals surface area contributed by atoms with E-state index in [4.69, 9.17) is 4.74 Å². The Labute approximate surface area is 116 Å². The van der Waals surface area contributed by atoms with Crippen molar-refractivity contribution < 1.29 is 9.53 Å². The highest BCUT2D eigenvalue weighted by Gasteiger charge is 2.06. The molecule has 0 saturated carbocycles. The molecule has 0 aliphatic rings. The minimum Gasteiger partial charge on any atom is -0.408 e. The molecule has 3 rings (SSSR count). The van der Waals surface area contributed by atoms with Crippen LogP contribution in [0.2, 0.25) is 0 Å². The van der Waals surface area contributed by atoms with Gasteiger partial charge in [-0.1, -0.05) is 36.4 Å². The number of carbonyl (C=O) groups is 1. The SMILES string of the molecule is CC(=O)Oc1cncn1Cc1ccc2ccccc2c1. The quantitative estimate of drug-likeness (QED) is 0.684. The fourth-order valence-corrected chi connectivity index (χ4v) is 2.19. The Morgan fingerprint density at radius 2 is 2.00 bits per heavy atom. The van der Waals surface area contributed by atoms with Gasteiger partial charge in [-0.25, -0.2) is 4.98 Å². The summed E-state index contributed by atoms with van der Waals surface area (Å²) in [6, 6.07) is 14.5. The van der Waals surface area contributed by atoms with Crippen LogP contribution in [0.5, 0.6) is 5.88 Å². The molecule has 0 saturated heterocycles. The van der Waals surface area contributed by atoms with Gasteiger partial charge in [0.1, 0.15) is 0 Å². The second-order valence-electron chi connectivity index (χ2n) is 4.63. The average molecular weight is 266 g/mol. The van der Waals surface area contributed by atoms with E-state index in [2.05, 4.69) is 35.3 Å². The summed E-state index contributed by atoms with van der Waals surface area (Å²) < 4.78 is 6.92. The van der Waals surface area contributed by atoms with Gasteiger partial charge in [0, 0.05) is 6.92 Å². The Hall–Kier alpha value is -2.62. The average Bonchev–Trinajstić information content (AvgIpc) is 2.85. The Morgan fingerprint density at radius 1 is 1.20 bits per heavy atom. The summed E-state index contributed by atoms with van der Waals surface area (Å²) in [5.74, 6) is 0.121. The lowest BCUT2D eigenvalue weighted by Gasteiger charge is -2.08. The van der Waals surface area contributed by atoms with Crippen molar-refractivity contribution in [2.45, 2.75) is 13.5 Å². The number of ether oxygens (including phenoxy) is 1. The third-order valence-corrected chi connectivity index (χ3v) is 3.09. The van der Waals surface area contributed by atoms with Gasteiger partial charge in [0.05, 0.1) is 19.1 Å². The third-order valence-electron chi connectivity index (χ3n) is 3.09. The summed E-state index contributed by atoms with van der Waals surface area (Å²) in [4.78, 5) is 15.0. The van der Waals surface area contributed by atoms with Gasteiger partial charge < -0.3 is 4.74 Å². The highest BCUT2D eigenvalue weighted by Crippen LogP contribution is 2.18. The molecular weight excluding hydrogens is 252 g/mol. The smallest absolute Gasteiger partial charge is 0.309 e. The number of nitrogens with zero attached hydrogens (tertiary/aromatic N) is 2. The third kappa shape index (κ3) is 2.54. The Morgan fingerprint density at radius 3 is 2.80 bits per heavy atom. The van der Waals surface area contributed by atoms with Crippen LogP contribution in [0.15, 0.2) is 55.0 Å². The number of esters is 1. The second-order valence-corrected chi connectivity index (χ2v) is 4.63. The molecule has 1 heterocycles. The van der Waals surface area contributed by atoms with E-state index < -0.39 is 0 Å². The van der Waals surface area contributed by atoms with Crippen molar-refractivity contribution in [1.82, 2.24) is 9.55 Å². The maximum absolute atomic E-state index is 11.0. The number of benzene rings is 2. The molecular formula is C16H14N2O2. The van der Waals surface area contributed by atoms with E-state index in [1.165, 1.54) is 17.7 Å². The normalized spacial score (nSPS) is 10.7. The van der Waals surface area contributed by atoms with E-state index in [0.717, 1.165) is 5.56 Å². The molecule has 1 aromatic heterocycles. The zero-order valence-corrected chi connectivity index (χ0v) is 11.1. The van der Waals surface area contributed by atoms with Crippen molar-refractivity contribution in [2.24, 2.45) is 0 Å². The molecule has 2 aromatic carbocycles. The predicted molar refractivity (Wildman–Crippen MR) is 76.6 cm³/mol. The molecule has 3 aromatic rings. The lowest BCUT2D eigenvalue weighted by Crippen LogP contribution is -2.07. The van der Waals surface area contributed by atoms with E-state index in [1.807, 2.05) is 16.7 Å². The van der Waals surface area contributed by atoms with Crippen LogP contribution in [0, 0.1) is 0 Å². The first kappa shape index (κ1) is 12.4. The van der Waals surface area contributed by atoms with Gasteiger partial charge in [0.15, 0.2) is 0 Å². The van der Waals surface area contributed by atoms with Gasteiger partial charge in [0.2, 0.25) is 5.88 Å². The molecule has 0 unspecified atom stereocenters. The van der Waals surface area contributed by atoms with Crippen LogP contribution in [-0.2, 0) is 11.3 Å². The zero-order valence-electron chi connectivity index (χ0n) is 11.1. The van der Waals surface area contributed by atoms with Crippen LogP contribution in [0.3, 0.4) is 0 Å². The van der Waals surface area contributed by atoms with E-state index in [-0.39, 0.29) is 5.97 Å². The molecule has 0 radical (unpaired) electrons. The van der Waals surface area contributed by atoms with Crippen molar-refractivity contribution in [3.63, 3.8) is 0 Å². The minimum atomic E-state index is -0.342. The molecule has 100 valence electrons. The number of carbonyl (C=O) groups excluding carboxylic acids is 1. The molecule has 4 heteroatoms. The summed E-state index contributed by atoms with van der Waals surface area (Å²) in [5, 5.41) is 2.40. The summed E-state index contributed by atoms with van der Waals surface area (Å²) in [5.41, 5.74) is 1.13. The number of hydrogen-bond donors (Lipinski definition) is 0. The maximum Gasteiger partial charge on any atom is 0.309 e. The molecule has 20 heavy (non-hydrogen) atoms. The van der Waals surface area contributed by atoms with Crippen LogP contribution in [-0.4, -0.2) is 15.5 Å². The molecule has 0 aliphatic heterocycles. The molecule has 4 nitrogen and oxygen atoms in total. The molecule has 0 aliphatic carbocycles. The molecule has 0 amide bonds. The van der Waals surface area contributed by atoms with Gasteiger partial charge in [-0.15, -0.1) is 0 Å². The lowest BCUT2D eigenvalue weighted by atomic mass is 10.1. The van der Waals surface area contributed by atoms with Crippen molar-refractivity contribution in [1.29, 1.82) is 0 Å². The zero-order chi connectivity index (χ0) is 13.9. The summed E-state index contributed by atoms with van der Waals surface area (Å²) in [7, 11) is 0. The minimum absolute atomic E-state index is 0.342. The van der Waals surface area contributed by atoms with E-state index in [9.17, 15) is 4.79 Å². The van der Waals surface area contributed by atoms with E-state index >= 15 is 0 Å². The molecule has 0 spiro atoms. The number of aromatic nitrogens is 2. The van der Waals surface area contributed by atoms with Crippen molar-refractivity contribution in [3.05, 3.63) is 60.6 Å². The van der Waals surface area contributed by atoms with Crippen LogP contribution < -0.4 is 4.74 Å². The van der Waals surface area contributed by atoms with Crippen LogP contribution in [0.1, 0.15) is 12.5 Å². The summed E-state index contributed by atoms with van der Waals surface area (Å²) in [6.45, 7) is 2.00. The van der Waals surface area contributed by atoms with Gasteiger partial charge in [-0.3, -0.25) is 9.36 Å². The molecule has 0 bridgehead atoms. The van der Waals surface area contributed by atoms with Gasteiger partial charge in [-0.05, 0) is 22.4 Å².